The smallest absolute Gasteiger partial charge is 0.377 e. The van der Waals surface area contributed by atoms with Gasteiger partial charge >= 0.3 is 15.4 Å². The normalized spacial score (nSPS) is 12.5. The van der Waals surface area contributed by atoms with Crippen LogP contribution in [0.4, 0.5) is 14.6 Å². The Kier molecular flexibility index (Phi) is 5.49. The zero-order valence-corrected chi connectivity index (χ0v) is 18.4. The highest BCUT2D eigenvalue weighted by atomic mass is 32.2. The minimum absolute atomic E-state index is 0.168. The second-order valence-corrected chi connectivity index (χ2v) is 9.28. The van der Waals surface area contributed by atoms with Gasteiger partial charge in [0.1, 0.15) is 11.3 Å². The second-order valence-electron chi connectivity index (χ2n) is 7.49. The maximum atomic E-state index is 13.3. The molecule has 2 aromatic carbocycles. The highest BCUT2D eigenvalue weighted by Gasteiger charge is 2.42. The summed E-state index contributed by atoms with van der Waals surface area (Å²) in [6.07, 6.45) is 1.48. The number of anilines is 1. The molecule has 168 valence electrons. The van der Waals surface area contributed by atoms with Gasteiger partial charge in [-0.15, -0.1) is 0 Å². The molecule has 0 saturated heterocycles. The van der Waals surface area contributed by atoms with Gasteiger partial charge in [-0.1, -0.05) is 30.3 Å². The molecule has 0 fully saturated rings. The first-order chi connectivity index (χ1) is 15.1. The monoisotopic (exact) mass is 460 g/mol. The van der Waals surface area contributed by atoms with Crippen LogP contribution in [0.2, 0.25) is 0 Å². The van der Waals surface area contributed by atoms with Gasteiger partial charge in [0.2, 0.25) is 0 Å². The lowest BCUT2D eigenvalue weighted by molar-refractivity contribution is 0.104. The van der Waals surface area contributed by atoms with E-state index >= 15 is 0 Å². The zero-order valence-electron chi connectivity index (χ0n) is 17.5. The number of fused-ring (bicyclic) bond motifs is 3. The van der Waals surface area contributed by atoms with Crippen LogP contribution < -0.4 is 9.92 Å². The maximum absolute atomic E-state index is 13.3. The van der Waals surface area contributed by atoms with E-state index in [2.05, 4.69) is 26.4 Å². The molecular weight excluding hydrogens is 438 g/mol. The Morgan fingerprint density at radius 2 is 1.84 bits per heavy atom. The van der Waals surface area contributed by atoms with Gasteiger partial charge in [0, 0.05) is 36.0 Å². The Morgan fingerprint density at radius 3 is 2.50 bits per heavy atom. The highest BCUT2D eigenvalue weighted by Crippen LogP contribution is 2.34. The Morgan fingerprint density at radius 1 is 1.12 bits per heavy atom. The third-order valence-corrected chi connectivity index (χ3v) is 6.51. The molecule has 4 aromatic rings. The summed E-state index contributed by atoms with van der Waals surface area (Å²) in [5.41, 5.74) is 9.17. The van der Waals surface area contributed by atoms with Gasteiger partial charge < -0.3 is 9.92 Å². The molecule has 2 heterocycles. The van der Waals surface area contributed by atoms with Gasteiger partial charge in [0.05, 0.1) is 5.52 Å². The molecule has 0 saturated carbocycles. The molecule has 0 bridgehead atoms. The Labute approximate surface area is 183 Å². The first kappa shape index (κ1) is 21.9. The topological polar surface area (TPSA) is 100 Å². The van der Waals surface area contributed by atoms with Crippen LogP contribution in [0.15, 0.2) is 48.5 Å². The Hall–Kier alpha value is -3.27. The fourth-order valence-corrected chi connectivity index (χ4v) is 4.14. The lowest BCUT2D eigenvalue weighted by atomic mass is 10.0. The summed E-state index contributed by atoms with van der Waals surface area (Å²) in [5, 5.41) is 2.06. The van der Waals surface area contributed by atoms with E-state index in [0.717, 1.165) is 17.5 Å². The van der Waals surface area contributed by atoms with Crippen molar-refractivity contribution in [2.24, 2.45) is 0 Å². The number of halogens is 2. The number of aromatic nitrogens is 3. The van der Waals surface area contributed by atoms with Crippen LogP contribution >= 0.6 is 0 Å². The SMILES string of the molecule is CCn1nc2c(N)nc3cc(OS(=O)(=O)C(C)(F)F)ccc3c2c1CCc1ccccc1. The average molecular weight is 461 g/mol. The first-order valence-electron chi connectivity index (χ1n) is 10.0. The van der Waals surface area contributed by atoms with Crippen molar-refractivity contribution >= 4 is 37.7 Å². The summed E-state index contributed by atoms with van der Waals surface area (Å²) >= 11 is 0. The third-order valence-electron chi connectivity index (χ3n) is 5.22. The van der Waals surface area contributed by atoms with Gasteiger partial charge in [-0.2, -0.15) is 22.3 Å². The lowest BCUT2D eigenvalue weighted by Gasteiger charge is -2.13. The number of hydrogen-bond acceptors (Lipinski definition) is 6. The van der Waals surface area contributed by atoms with Crippen molar-refractivity contribution in [1.29, 1.82) is 0 Å². The fourth-order valence-electron chi connectivity index (χ4n) is 3.63. The number of aryl methyl sites for hydroxylation is 3. The standard InChI is InChI=1S/C22H22F2N4O3S/c1-3-28-18(12-9-14-7-5-4-6-8-14)19-16-11-10-15(31-32(29,30)22(2,23)24)13-17(16)26-21(25)20(19)27-28/h4-8,10-11,13H,3,9,12H2,1-2H3,(H2,25,26). The molecule has 32 heavy (non-hydrogen) atoms. The van der Waals surface area contributed by atoms with E-state index in [4.69, 9.17) is 5.73 Å². The molecule has 4 rings (SSSR count). The summed E-state index contributed by atoms with van der Waals surface area (Å²) in [6.45, 7) is 2.87. The molecule has 0 radical (unpaired) electrons. The number of hydrogen-bond donors (Lipinski definition) is 1. The largest absolute Gasteiger partial charge is 0.382 e. The van der Waals surface area contributed by atoms with Crippen LogP contribution in [-0.4, -0.2) is 28.4 Å². The third kappa shape index (κ3) is 3.97. The van der Waals surface area contributed by atoms with Crippen molar-refractivity contribution in [2.75, 3.05) is 5.73 Å². The first-order valence-corrected chi connectivity index (χ1v) is 11.5. The summed E-state index contributed by atoms with van der Waals surface area (Å²) in [5.74, 6) is -0.0968. The Balaban J connectivity index is 1.82. The van der Waals surface area contributed by atoms with Crippen molar-refractivity contribution < 1.29 is 21.4 Å². The van der Waals surface area contributed by atoms with Crippen molar-refractivity contribution in [3.63, 3.8) is 0 Å². The summed E-state index contributed by atoms with van der Waals surface area (Å²) in [7, 11) is -5.13. The molecule has 2 N–H and O–H groups in total. The fraction of sp³-hybridized carbons (Fsp3) is 0.273. The van der Waals surface area contributed by atoms with Crippen LogP contribution in [0.5, 0.6) is 5.75 Å². The molecule has 2 aromatic heterocycles. The summed E-state index contributed by atoms with van der Waals surface area (Å²) in [4.78, 5) is 4.30. The van der Waals surface area contributed by atoms with Crippen molar-refractivity contribution in [3.05, 3.63) is 59.8 Å². The van der Waals surface area contributed by atoms with Gasteiger partial charge in [-0.25, -0.2) is 4.98 Å². The molecule has 0 atom stereocenters. The van der Waals surface area contributed by atoms with E-state index in [1.54, 1.807) is 6.07 Å². The molecule has 7 nitrogen and oxygen atoms in total. The van der Waals surface area contributed by atoms with Crippen molar-refractivity contribution in [2.45, 2.75) is 38.5 Å². The van der Waals surface area contributed by atoms with E-state index in [0.29, 0.717) is 29.4 Å². The molecule has 0 aliphatic rings. The number of alkyl halides is 2. The number of pyridine rings is 1. The second kappa shape index (κ2) is 8.01. The van der Waals surface area contributed by atoms with Crippen LogP contribution in [0, 0.1) is 0 Å². The van der Waals surface area contributed by atoms with Crippen LogP contribution in [0.1, 0.15) is 25.1 Å². The number of nitrogens with two attached hydrogens (primary N) is 1. The molecule has 0 aliphatic heterocycles. The van der Waals surface area contributed by atoms with Gasteiger partial charge in [0.15, 0.2) is 5.82 Å². The number of nitrogen functional groups attached to an aromatic ring is 1. The van der Waals surface area contributed by atoms with E-state index in [9.17, 15) is 17.2 Å². The van der Waals surface area contributed by atoms with E-state index in [1.165, 1.54) is 17.7 Å². The molecule has 0 spiro atoms. The summed E-state index contributed by atoms with van der Waals surface area (Å²) in [6, 6.07) is 14.2. The molecule has 0 aliphatic carbocycles. The quantitative estimate of drug-likeness (QED) is 0.413. The maximum Gasteiger partial charge on any atom is 0.377 e. The van der Waals surface area contributed by atoms with Crippen LogP contribution in [0.3, 0.4) is 0 Å². The summed E-state index contributed by atoms with van der Waals surface area (Å²) < 4.78 is 56.6. The van der Waals surface area contributed by atoms with E-state index in [1.807, 2.05) is 29.8 Å². The minimum Gasteiger partial charge on any atom is -0.382 e. The minimum atomic E-state index is -5.13. The average Bonchev–Trinajstić information content (AvgIpc) is 3.11. The highest BCUT2D eigenvalue weighted by molar-refractivity contribution is 7.88. The van der Waals surface area contributed by atoms with Crippen LogP contribution in [-0.2, 0) is 29.5 Å². The zero-order chi connectivity index (χ0) is 23.1. The van der Waals surface area contributed by atoms with Crippen molar-refractivity contribution in [3.8, 4) is 5.75 Å². The van der Waals surface area contributed by atoms with Gasteiger partial charge in [0.25, 0.3) is 0 Å². The van der Waals surface area contributed by atoms with Gasteiger partial charge in [-0.3, -0.25) is 4.68 Å². The Bertz CT molecular complexity index is 1400. The molecule has 10 heteroatoms. The number of benzene rings is 2. The molecule has 0 unspecified atom stereocenters. The van der Waals surface area contributed by atoms with Crippen molar-refractivity contribution in [1.82, 2.24) is 14.8 Å². The molecular formula is C22H22F2N4O3S. The number of rotatable bonds is 7. The lowest BCUT2D eigenvalue weighted by Crippen LogP contribution is -2.29. The van der Waals surface area contributed by atoms with Crippen LogP contribution in [0.25, 0.3) is 21.8 Å². The predicted octanol–water partition coefficient (Wildman–Crippen LogP) is 4.29. The van der Waals surface area contributed by atoms with E-state index in [-0.39, 0.29) is 18.5 Å². The molecule has 0 amide bonds. The predicted molar refractivity (Wildman–Crippen MR) is 119 cm³/mol. The number of nitrogens with zero attached hydrogens (tertiary/aromatic N) is 3. The van der Waals surface area contributed by atoms with E-state index < -0.39 is 15.4 Å². The van der Waals surface area contributed by atoms with Gasteiger partial charge in [-0.05, 0) is 37.5 Å².